The molecular weight excluding hydrogens is 306 g/mol. The first-order chi connectivity index (χ1) is 11.7. The number of hydrogen-bond acceptors (Lipinski definition) is 5. The minimum Gasteiger partial charge on any atom is -0.495 e. The molecule has 1 aromatic rings. The lowest BCUT2D eigenvalue weighted by molar-refractivity contribution is 0.0717. The number of methoxy groups -OCH3 is 1. The fraction of sp³-hybridized carbons (Fsp3) is 0.647. The Balaban J connectivity index is 1.49. The highest BCUT2D eigenvalue weighted by Crippen LogP contribution is 2.18. The van der Waals surface area contributed by atoms with Gasteiger partial charge in [0.05, 0.1) is 25.2 Å². The fourth-order valence-electron chi connectivity index (χ4n) is 3.53. The monoisotopic (exact) mass is 333 g/mol. The maximum Gasteiger partial charge on any atom is 0.321 e. The zero-order valence-corrected chi connectivity index (χ0v) is 14.6. The van der Waals surface area contributed by atoms with E-state index < -0.39 is 0 Å². The van der Waals surface area contributed by atoms with Crippen LogP contribution in [0, 0.1) is 0 Å². The van der Waals surface area contributed by atoms with E-state index in [-0.39, 0.29) is 6.03 Å². The van der Waals surface area contributed by atoms with Crippen molar-refractivity contribution in [3.05, 3.63) is 18.5 Å². The van der Waals surface area contributed by atoms with Gasteiger partial charge in [-0.15, -0.1) is 0 Å². The predicted molar refractivity (Wildman–Crippen MR) is 93.5 cm³/mol. The van der Waals surface area contributed by atoms with E-state index in [0.717, 1.165) is 32.7 Å². The largest absolute Gasteiger partial charge is 0.495 e. The highest BCUT2D eigenvalue weighted by Gasteiger charge is 2.28. The minimum absolute atomic E-state index is 0.0644. The molecule has 0 spiro atoms. The summed E-state index contributed by atoms with van der Waals surface area (Å²) in [6, 6.07) is 2.35. The summed E-state index contributed by atoms with van der Waals surface area (Å²) in [6.45, 7) is 5.77. The van der Waals surface area contributed by atoms with Crippen molar-refractivity contribution in [1.29, 1.82) is 0 Å². The maximum atomic E-state index is 12.4. The van der Waals surface area contributed by atoms with Crippen LogP contribution in [0.15, 0.2) is 18.5 Å². The zero-order valence-electron chi connectivity index (χ0n) is 14.6. The Kier molecular flexibility index (Phi) is 5.52. The number of likely N-dealkylation sites (N-methyl/N-ethyl adjacent to an activating group) is 1. The minimum atomic E-state index is -0.0644. The molecule has 0 bridgehead atoms. The predicted octanol–water partition coefficient (Wildman–Crippen LogP) is 1.33. The van der Waals surface area contributed by atoms with Crippen molar-refractivity contribution in [1.82, 2.24) is 19.7 Å². The Morgan fingerprint density at radius 3 is 2.75 bits per heavy atom. The van der Waals surface area contributed by atoms with Gasteiger partial charge in [0.1, 0.15) is 5.75 Å². The van der Waals surface area contributed by atoms with E-state index in [1.807, 2.05) is 4.90 Å². The number of hydrogen-bond donors (Lipinski definition) is 1. The molecule has 2 saturated heterocycles. The molecular formula is C17H27N5O2. The van der Waals surface area contributed by atoms with Crippen molar-refractivity contribution in [3.8, 4) is 5.75 Å². The van der Waals surface area contributed by atoms with Crippen molar-refractivity contribution >= 4 is 11.7 Å². The summed E-state index contributed by atoms with van der Waals surface area (Å²) in [5.41, 5.74) is 0.663. The average Bonchev–Trinajstić information content (AvgIpc) is 2.62. The second-order valence-corrected chi connectivity index (χ2v) is 6.62. The highest BCUT2D eigenvalue weighted by molar-refractivity contribution is 5.89. The molecule has 0 saturated carbocycles. The third-order valence-corrected chi connectivity index (χ3v) is 4.92. The third-order valence-electron chi connectivity index (χ3n) is 4.92. The third kappa shape index (κ3) is 4.15. The molecule has 1 N–H and O–H groups in total. The van der Waals surface area contributed by atoms with Gasteiger partial charge in [-0.3, -0.25) is 9.88 Å². The molecule has 2 fully saturated rings. The molecule has 3 rings (SSSR count). The van der Waals surface area contributed by atoms with E-state index in [4.69, 9.17) is 4.74 Å². The number of nitrogens with zero attached hydrogens (tertiary/aromatic N) is 4. The number of pyridine rings is 1. The van der Waals surface area contributed by atoms with Crippen LogP contribution in [-0.4, -0.2) is 85.2 Å². The van der Waals surface area contributed by atoms with E-state index in [0.29, 0.717) is 17.5 Å². The summed E-state index contributed by atoms with van der Waals surface area (Å²) in [4.78, 5) is 23.3. The number of urea groups is 1. The van der Waals surface area contributed by atoms with Gasteiger partial charge >= 0.3 is 6.03 Å². The Bertz CT molecular complexity index is 560. The molecule has 1 atom stereocenters. The lowest BCUT2D eigenvalue weighted by atomic mass is 10.0. The van der Waals surface area contributed by atoms with E-state index in [1.54, 1.807) is 25.6 Å². The number of ether oxygens (including phenoxy) is 1. The Labute approximate surface area is 143 Å². The van der Waals surface area contributed by atoms with E-state index >= 15 is 0 Å². The van der Waals surface area contributed by atoms with Crippen molar-refractivity contribution in [2.75, 3.05) is 58.7 Å². The van der Waals surface area contributed by atoms with Gasteiger partial charge in [0, 0.05) is 44.8 Å². The molecule has 2 amide bonds. The van der Waals surface area contributed by atoms with Crippen molar-refractivity contribution in [2.24, 2.45) is 0 Å². The number of anilines is 1. The van der Waals surface area contributed by atoms with Crippen LogP contribution in [0.25, 0.3) is 0 Å². The van der Waals surface area contributed by atoms with Gasteiger partial charge in [0.2, 0.25) is 0 Å². The normalized spacial score (nSPS) is 23.1. The molecule has 132 valence electrons. The average molecular weight is 333 g/mol. The summed E-state index contributed by atoms with van der Waals surface area (Å²) in [5.74, 6) is 0.638. The van der Waals surface area contributed by atoms with Crippen LogP contribution in [-0.2, 0) is 0 Å². The molecule has 0 radical (unpaired) electrons. The second kappa shape index (κ2) is 7.81. The molecule has 1 aromatic heterocycles. The number of nitrogens with one attached hydrogen (secondary N) is 1. The van der Waals surface area contributed by atoms with E-state index in [1.165, 1.54) is 19.4 Å². The number of aromatic nitrogens is 1. The molecule has 24 heavy (non-hydrogen) atoms. The highest BCUT2D eigenvalue weighted by atomic mass is 16.5. The summed E-state index contributed by atoms with van der Waals surface area (Å²) in [6.07, 6.45) is 5.79. The molecule has 1 unspecified atom stereocenters. The number of amides is 2. The van der Waals surface area contributed by atoms with E-state index in [2.05, 4.69) is 27.1 Å². The molecule has 7 heteroatoms. The van der Waals surface area contributed by atoms with Gasteiger partial charge in [0.25, 0.3) is 0 Å². The van der Waals surface area contributed by atoms with Crippen molar-refractivity contribution in [2.45, 2.75) is 18.9 Å². The molecule has 3 heterocycles. The Morgan fingerprint density at radius 2 is 2.04 bits per heavy atom. The molecule has 0 aliphatic carbocycles. The first-order valence-electron chi connectivity index (χ1n) is 8.63. The summed E-state index contributed by atoms with van der Waals surface area (Å²) >= 11 is 0. The van der Waals surface area contributed by atoms with Crippen LogP contribution in [0.2, 0.25) is 0 Å². The van der Waals surface area contributed by atoms with Gasteiger partial charge in [-0.1, -0.05) is 0 Å². The van der Waals surface area contributed by atoms with Crippen molar-refractivity contribution in [3.63, 3.8) is 0 Å². The SMILES string of the molecule is COc1cncc(NC(=O)N2CCN(C3CCCN(C)C3)CC2)c1. The van der Waals surface area contributed by atoms with Crippen LogP contribution < -0.4 is 10.1 Å². The van der Waals surface area contributed by atoms with Crippen LogP contribution >= 0.6 is 0 Å². The first-order valence-corrected chi connectivity index (χ1v) is 8.63. The van der Waals surface area contributed by atoms with Gasteiger partial charge < -0.3 is 19.9 Å². The summed E-state index contributed by atoms with van der Waals surface area (Å²) < 4.78 is 5.13. The lowest BCUT2D eigenvalue weighted by Gasteiger charge is -2.42. The standard InChI is InChI=1S/C17H27N5O2/c1-20-5-3-4-15(13-20)21-6-8-22(9-7-21)17(23)19-14-10-16(24-2)12-18-11-14/h10-12,15H,3-9,13H2,1-2H3,(H,19,23). The van der Waals surface area contributed by atoms with Gasteiger partial charge in [0.15, 0.2) is 0 Å². The van der Waals surface area contributed by atoms with Gasteiger partial charge in [-0.25, -0.2) is 4.79 Å². The van der Waals surface area contributed by atoms with Crippen LogP contribution in [0.5, 0.6) is 5.75 Å². The number of carbonyl (C=O) groups excluding carboxylic acids is 1. The molecule has 2 aliphatic heterocycles. The molecule has 2 aliphatic rings. The van der Waals surface area contributed by atoms with Crippen LogP contribution in [0.3, 0.4) is 0 Å². The zero-order chi connectivity index (χ0) is 16.9. The molecule has 0 aromatic carbocycles. The number of likely N-dealkylation sites (tertiary alicyclic amines) is 1. The topological polar surface area (TPSA) is 60.9 Å². The molecule has 7 nitrogen and oxygen atoms in total. The number of piperidine rings is 1. The van der Waals surface area contributed by atoms with E-state index in [9.17, 15) is 4.79 Å². The van der Waals surface area contributed by atoms with Crippen LogP contribution in [0.1, 0.15) is 12.8 Å². The summed E-state index contributed by atoms with van der Waals surface area (Å²) in [5, 5.41) is 2.91. The number of carbonyl (C=O) groups is 1. The lowest BCUT2D eigenvalue weighted by Crippen LogP contribution is -2.56. The number of piperazine rings is 1. The van der Waals surface area contributed by atoms with Gasteiger partial charge in [-0.05, 0) is 26.4 Å². The van der Waals surface area contributed by atoms with Gasteiger partial charge in [-0.2, -0.15) is 0 Å². The first kappa shape index (κ1) is 17.0. The summed E-state index contributed by atoms with van der Waals surface area (Å²) in [7, 11) is 3.78. The Morgan fingerprint density at radius 1 is 1.25 bits per heavy atom. The van der Waals surface area contributed by atoms with Crippen molar-refractivity contribution < 1.29 is 9.53 Å². The second-order valence-electron chi connectivity index (χ2n) is 6.62. The maximum absolute atomic E-state index is 12.4. The Hall–Kier alpha value is -1.86. The quantitative estimate of drug-likeness (QED) is 0.904. The van der Waals surface area contributed by atoms with Crippen LogP contribution in [0.4, 0.5) is 10.5 Å². The smallest absolute Gasteiger partial charge is 0.321 e. The number of rotatable bonds is 3. The fourth-order valence-corrected chi connectivity index (χ4v) is 3.53.